The minimum absolute atomic E-state index is 0. The molecule has 0 fully saturated rings. The summed E-state index contributed by atoms with van der Waals surface area (Å²) in [6, 6.07) is 24.2. The fraction of sp³-hybridized carbons (Fsp3) is 0. The fourth-order valence-corrected chi connectivity index (χ4v) is 1.62. The van der Waals surface area contributed by atoms with Gasteiger partial charge in [0.05, 0.1) is 5.56 Å². The summed E-state index contributed by atoms with van der Waals surface area (Å²) in [7, 11) is 0. The van der Waals surface area contributed by atoms with Gasteiger partial charge in [0.2, 0.25) is 0 Å². The molecule has 22 heavy (non-hydrogen) atoms. The van der Waals surface area contributed by atoms with Gasteiger partial charge in [-0.25, -0.2) is 16.9 Å². The van der Waals surface area contributed by atoms with Crippen LogP contribution in [-0.2, 0) is 17.1 Å². The van der Waals surface area contributed by atoms with E-state index < -0.39 is 5.97 Å². The molecule has 3 aromatic rings. The Hall–Kier alpha value is -2.53. The molecular formula is C19H14FeO2. The van der Waals surface area contributed by atoms with E-state index in [0.29, 0.717) is 0 Å². The van der Waals surface area contributed by atoms with Crippen molar-refractivity contribution in [2.24, 2.45) is 0 Å². The SMILES string of the molecule is O=C(O)c1ccc(C#C[c-]2cccc2)cc1.[Fe+2].c1cc[cH-]c1. The van der Waals surface area contributed by atoms with Crippen LogP contribution in [0.15, 0.2) is 78.9 Å². The molecule has 0 spiro atoms. The molecule has 0 unspecified atom stereocenters. The average molecular weight is 330 g/mol. The Kier molecular flexibility index (Phi) is 7.50. The van der Waals surface area contributed by atoms with Crippen LogP contribution >= 0.6 is 0 Å². The molecular weight excluding hydrogens is 316 g/mol. The van der Waals surface area contributed by atoms with Gasteiger partial charge in [-0.05, 0) is 17.7 Å². The molecule has 0 aliphatic rings. The molecule has 3 heteroatoms. The van der Waals surface area contributed by atoms with Crippen molar-refractivity contribution in [3.05, 3.63) is 95.6 Å². The standard InChI is InChI=1S/C14H9O2.C5H5.Fe/c15-14(16)13-9-7-12(8-10-13)6-5-11-3-1-2-4-11;1-2-4-5-3-1;/h1-4,7-10H,(H,15,16);1-5H;/q2*-1;+2. The van der Waals surface area contributed by atoms with Crippen molar-refractivity contribution in [3.8, 4) is 11.8 Å². The van der Waals surface area contributed by atoms with Gasteiger partial charge < -0.3 is 5.11 Å². The van der Waals surface area contributed by atoms with Crippen LogP contribution in [0.2, 0.25) is 0 Å². The van der Waals surface area contributed by atoms with E-state index in [-0.39, 0.29) is 22.6 Å². The quantitative estimate of drug-likeness (QED) is 0.417. The monoisotopic (exact) mass is 330 g/mol. The number of carboxylic acids is 1. The Bertz CT molecular complexity index is 695. The second-order valence-corrected chi connectivity index (χ2v) is 4.27. The molecule has 3 aromatic carbocycles. The Labute approximate surface area is 140 Å². The zero-order chi connectivity index (χ0) is 14.9. The zero-order valence-corrected chi connectivity index (χ0v) is 12.8. The molecule has 0 atom stereocenters. The third kappa shape index (κ3) is 5.85. The fourth-order valence-electron chi connectivity index (χ4n) is 1.62. The van der Waals surface area contributed by atoms with E-state index in [2.05, 4.69) is 11.8 Å². The van der Waals surface area contributed by atoms with E-state index in [1.54, 1.807) is 24.3 Å². The molecule has 1 N–H and O–H groups in total. The van der Waals surface area contributed by atoms with E-state index in [4.69, 9.17) is 5.11 Å². The van der Waals surface area contributed by atoms with Crippen molar-refractivity contribution in [3.63, 3.8) is 0 Å². The number of hydrogen-bond acceptors (Lipinski definition) is 1. The van der Waals surface area contributed by atoms with Gasteiger partial charge in [-0.2, -0.15) is 42.2 Å². The number of benzene rings is 1. The van der Waals surface area contributed by atoms with E-state index in [1.165, 1.54) is 0 Å². The van der Waals surface area contributed by atoms with E-state index >= 15 is 0 Å². The van der Waals surface area contributed by atoms with Crippen molar-refractivity contribution in [2.75, 3.05) is 0 Å². The molecule has 3 rings (SSSR count). The van der Waals surface area contributed by atoms with Crippen LogP contribution in [-0.4, -0.2) is 11.1 Å². The summed E-state index contributed by atoms with van der Waals surface area (Å²) in [6.07, 6.45) is 0. The summed E-state index contributed by atoms with van der Waals surface area (Å²) < 4.78 is 0. The predicted molar refractivity (Wildman–Crippen MR) is 83.5 cm³/mol. The maximum absolute atomic E-state index is 10.6. The van der Waals surface area contributed by atoms with Crippen molar-refractivity contribution in [1.29, 1.82) is 0 Å². The van der Waals surface area contributed by atoms with Crippen molar-refractivity contribution in [1.82, 2.24) is 0 Å². The first-order valence-corrected chi connectivity index (χ1v) is 6.49. The average Bonchev–Trinajstić information content (AvgIpc) is 3.21. The number of rotatable bonds is 1. The van der Waals surface area contributed by atoms with Gasteiger partial charge in [-0.1, -0.05) is 17.7 Å². The normalized spacial score (nSPS) is 8.55. The summed E-state index contributed by atoms with van der Waals surface area (Å²) in [6.45, 7) is 0. The topological polar surface area (TPSA) is 37.3 Å². The van der Waals surface area contributed by atoms with Crippen LogP contribution in [0.3, 0.4) is 0 Å². The van der Waals surface area contributed by atoms with Crippen LogP contribution in [0.25, 0.3) is 0 Å². The summed E-state index contributed by atoms with van der Waals surface area (Å²) >= 11 is 0. The Morgan fingerprint density at radius 1 is 1.00 bits per heavy atom. The molecule has 0 aliphatic heterocycles. The number of hydrogen-bond donors (Lipinski definition) is 1. The minimum Gasteiger partial charge on any atom is -0.478 e. The first-order valence-electron chi connectivity index (χ1n) is 6.49. The summed E-state index contributed by atoms with van der Waals surface area (Å²) in [5.41, 5.74) is 2.05. The Balaban J connectivity index is 0.000000344. The van der Waals surface area contributed by atoms with E-state index in [0.717, 1.165) is 11.1 Å². The van der Waals surface area contributed by atoms with Gasteiger partial charge in [0.15, 0.2) is 0 Å². The third-order valence-electron chi connectivity index (χ3n) is 2.70. The van der Waals surface area contributed by atoms with Crippen molar-refractivity contribution < 1.29 is 27.0 Å². The number of carbonyl (C=O) groups is 1. The molecule has 0 saturated carbocycles. The van der Waals surface area contributed by atoms with Gasteiger partial charge in [-0.3, -0.25) is 0 Å². The molecule has 0 saturated heterocycles. The largest absolute Gasteiger partial charge is 2.00 e. The molecule has 0 amide bonds. The minimum atomic E-state index is -0.921. The number of carboxylic acid groups (broad SMARTS) is 1. The first kappa shape index (κ1) is 17.5. The van der Waals surface area contributed by atoms with Crippen molar-refractivity contribution >= 4 is 5.97 Å². The van der Waals surface area contributed by atoms with Crippen LogP contribution in [0.1, 0.15) is 21.5 Å². The smallest absolute Gasteiger partial charge is 0.478 e. The number of aromatic carboxylic acids is 1. The molecule has 0 radical (unpaired) electrons. The third-order valence-corrected chi connectivity index (χ3v) is 2.70. The van der Waals surface area contributed by atoms with E-state index in [9.17, 15) is 4.79 Å². The van der Waals surface area contributed by atoms with Gasteiger partial charge >= 0.3 is 23.0 Å². The summed E-state index contributed by atoms with van der Waals surface area (Å²) in [4.78, 5) is 10.6. The molecule has 0 heterocycles. The predicted octanol–water partition coefficient (Wildman–Crippen LogP) is 3.91. The van der Waals surface area contributed by atoms with Gasteiger partial charge in [-0.15, -0.1) is 12.1 Å². The second-order valence-electron chi connectivity index (χ2n) is 4.27. The maximum atomic E-state index is 10.6. The zero-order valence-electron chi connectivity index (χ0n) is 11.7. The maximum Gasteiger partial charge on any atom is 2.00 e. The molecule has 0 bridgehead atoms. The first-order chi connectivity index (χ1) is 10.3. The summed E-state index contributed by atoms with van der Waals surface area (Å²) in [5.74, 6) is 5.04. The van der Waals surface area contributed by atoms with Crippen LogP contribution in [0.4, 0.5) is 0 Å². The van der Waals surface area contributed by atoms with Gasteiger partial charge in [0.1, 0.15) is 0 Å². The summed E-state index contributed by atoms with van der Waals surface area (Å²) in [5, 5.41) is 8.72. The molecule has 110 valence electrons. The molecule has 2 nitrogen and oxygen atoms in total. The Morgan fingerprint density at radius 2 is 1.59 bits per heavy atom. The van der Waals surface area contributed by atoms with E-state index in [1.807, 2.05) is 54.6 Å². The van der Waals surface area contributed by atoms with Crippen LogP contribution in [0.5, 0.6) is 0 Å². The molecule has 0 aliphatic carbocycles. The van der Waals surface area contributed by atoms with Crippen molar-refractivity contribution in [2.45, 2.75) is 0 Å². The van der Waals surface area contributed by atoms with Gasteiger partial charge in [0, 0.05) is 0 Å². The van der Waals surface area contributed by atoms with Gasteiger partial charge in [0.25, 0.3) is 0 Å². The molecule has 0 aromatic heterocycles. The van der Waals surface area contributed by atoms with Crippen LogP contribution < -0.4 is 0 Å². The Morgan fingerprint density at radius 3 is 2.05 bits per heavy atom. The van der Waals surface area contributed by atoms with Crippen LogP contribution in [0, 0.1) is 11.8 Å². The second kappa shape index (κ2) is 9.41.